The number of fused-ring (bicyclic) bond motifs is 2. The highest BCUT2D eigenvalue weighted by Gasteiger charge is 2.23. The van der Waals surface area contributed by atoms with Crippen LogP contribution in [-0.4, -0.2) is 60.2 Å². The first-order chi connectivity index (χ1) is 22.5. The summed E-state index contributed by atoms with van der Waals surface area (Å²) in [6, 6.07) is 14.2. The number of carbonyl (C=O) groups is 1. The van der Waals surface area contributed by atoms with Gasteiger partial charge in [-0.1, -0.05) is 35.4 Å². The van der Waals surface area contributed by atoms with Gasteiger partial charge in [-0.15, -0.1) is 0 Å². The van der Waals surface area contributed by atoms with Crippen molar-refractivity contribution in [2.75, 3.05) is 12.5 Å². The topological polar surface area (TPSA) is 157 Å². The summed E-state index contributed by atoms with van der Waals surface area (Å²) in [4.78, 5) is 28.8. The van der Waals surface area contributed by atoms with E-state index in [-0.39, 0.29) is 15.8 Å². The van der Waals surface area contributed by atoms with Crippen LogP contribution < -0.4 is 0 Å². The van der Waals surface area contributed by atoms with Gasteiger partial charge in [0.1, 0.15) is 5.69 Å². The number of pyridine rings is 4. The maximum Gasteiger partial charge on any atom is 0.192 e. The smallest absolute Gasteiger partial charge is 0.192 e. The molecule has 6 rings (SSSR count). The quantitative estimate of drug-likeness (QED) is 0.246. The van der Waals surface area contributed by atoms with Gasteiger partial charge >= 0.3 is 0 Å². The molecule has 0 bridgehead atoms. The van der Waals surface area contributed by atoms with Crippen molar-refractivity contribution in [3.63, 3.8) is 0 Å². The molecule has 0 saturated heterocycles. The van der Waals surface area contributed by atoms with Gasteiger partial charge in [-0.25, -0.2) is 31.8 Å². The van der Waals surface area contributed by atoms with Crippen LogP contribution in [0.1, 0.15) is 83.6 Å². The lowest BCUT2D eigenvalue weighted by Crippen LogP contribution is -2.03. The van der Waals surface area contributed by atoms with Crippen molar-refractivity contribution in [2.45, 2.75) is 69.5 Å². The van der Waals surface area contributed by atoms with E-state index in [1.54, 1.807) is 37.5 Å². The van der Waals surface area contributed by atoms with Gasteiger partial charge in [-0.3, -0.25) is 9.78 Å². The van der Waals surface area contributed by atoms with E-state index in [0.717, 1.165) is 70.1 Å². The van der Waals surface area contributed by atoms with E-state index in [2.05, 4.69) is 33.8 Å². The van der Waals surface area contributed by atoms with Gasteiger partial charge in [0.25, 0.3) is 0 Å². The number of aromatic nitrogens is 4. The summed E-state index contributed by atoms with van der Waals surface area (Å²) >= 11 is 0. The molecule has 0 fully saturated rings. The van der Waals surface area contributed by atoms with E-state index in [1.807, 2.05) is 18.2 Å². The van der Waals surface area contributed by atoms with E-state index < -0.39 is 25.8 Å². The van der Waals surface area contributed by atoms with E-state index in [4.69, 9.17) is 0 Å². The zero-order chi connectivity index (χ0) is 35.0. The third-order valence-corrected chi connectivity index (χ3v) is 10.4. The molecule has 1 atom stereocenters. The molecule has 48 heavy (non-hydrogen) atoms. The third kappa shape index (κ3) is 7.83. The molecule has 0 aromatic carbocycles. The van der Waals surface area contributed by atoms with Crippen LogP contribution >= 0.6 is 0 Å². The molecule has 2 aliphatic carbocycles. The number of Topliss-reactive ketones (excluding diaryl/α,β-unsaturated/α-hetero) is 1. The Hall–Kier alpha value is -4.39. The van der Waals surface area contributed by atoms with Gasteiger partial charge < -0.3 is 5.11 Å². The Kier molecular flexibility index (Phi) is 9.91. The highest BCUT2D eigenvalue weighted by molar-refractivity contribution is 7.90. The number of ketones is 1. The Morgan fingerprint density at radius 2 is 1.19 bits per heavy atom. The summed E-state index contributed by atoms with van der Waals surface area (Å²) in [5.74, 6) is -0.0547. The minimum atomic E-state index is -3.29. The van der Waals surface area contributed by atoms with Crippen molar-refractivity contribution >= 4 is 36.6 Å². The van der Waals surface area contributed by atoms with Crippen LogP contribution in [0.15, 0.2) is 82.1 Å². The fourth-order valence-electron chi connectivity index (χ4n) is 5.76. The van der Waals surface area contributed by atoms with Gasteiger partial charge in [-0.05, 0) is 91.3 Å². The molecule has 4 aromatic rings. The number of hydrogen-bond acceptors (Lipinski definition) is 10. The lowest BCUT2D eigenvalue weighted by atomic mass is 10.0. The van der Waals surface area contributed by atoms with Crippen LogP contribution in [-0.2, 0) is 45.4 Å². The fraction of sp³-hybridized carbons (Fsp3) is 0.306. The first-order valence-electron chi connectivity index (χ1n) is 15.4. The second-order valence-electron chi connectivity index (χ2n) is 12.5. The number of rotatable bonds is 8. The van der Waals surface area contributed by atoms with Gasteiger partial charge in [0, 0.05) is 44.7 Å². The number of aliphatic hydroxyl groups is 1. The van der Waals surface area contributed by atoms with Crippen LogP contribution in [0.4, 0.5) is 0 Å². The summed E-state index contributed by atoms with van der Waals surface area (Å²) in [5.41, 5.74) is 11.7. The van der Waals surface area contributed by atoms with E-state index >= 15 is 0 Å². The molecule has 0 saturated carbocycles. The first kappa shape index (κ1) is 34.9. The highest BCUT2D eigenvalue weighted by atomic mass is 32.2. The Labute approximate surface area is 281 Å². The predicted molar refractivity (Wildman–Crippen MR) is 184 cm³/mol. The molecule has 0 radical (unpaired) electrons. The number of carbonyl (C=O) groups excluding carboxylic acids is 1. The number of allylic oxidation sites excluding steroid dienone is 4. The maximum absolute atomic E-state index is 11.6. The molecule has 0 aliphatic heterocycles. The molecule has 4 aromatic heterocycles. The average molecular weight is 687 g/mol. The Morgan fingerprint density at radius 1 is 0.729 bits per heavy atom. The van der Waals surface area contributed by atoms with Gasteiger partial charge in [0.2, 0.25) is 0 Å². The average Bonchev–Trinajstić information content (AvgIpc) is 3.50. The zero-order valence-electron chi connectivity index (χ0n) is 27.8. The van der Waals surface area contributed by atoms with Crippen LogP contribution in [0.5, 0.6) is 0 Å². The summed E-state index contributed by atoms with van der Waals surface area (Å²) in [6.07, 6.45) is 7.82. The number of sulfone groups is 2. The van der Waals surface area contributed by atoms with E-state index in [0.29, 0.717) is 24.2 Å². The molecular weight excluding hydrogens is 649 g/mol. The molecule has 10 nitrogen and oxygen atoms in total. The second kappa shape index (κ2) is 13.6. The summed E-state index contributed by atoms with van der Waals surface area (Å²) < 4.78 is 46.0. The molecule has 0 spiro atoms. The van der Waals surface area contributed by atoms with Crippen LogP contribution in [0.25, 0.3) is 11.1 Å². The summed E-state index contributed by atoms with van der Waals surface area (Å²) in [5, 5.41) is 9.91. The van der Waals surface area contributed by atoms with Crippen molar-refractivity contribution in [3.8, 4) is 0 Å². The fourth-order valence-corrected chi connectivity index (χ4v) is 6.88. The molecule has 4 heterocycles. The molecular formula is C36H38N4O6S2. The normalized spacial score (nSPS) is 14.7. The van der Waals surface area contributed by atoms with Gasteiger partial charge in [0.15, 0.2) is 35.5 Å². The van der Waals surface area contributed by atoms with Crippen LogP contribution in [0.2, 0.25) is 0 Å². The largest absolute Gasteiger partial charge is 0.387 e. The molecule has 1 N–H and O–H groups in total. The van der Waals surface area contributed by atoms with Crippen molar-refractivity contribution in [1.82, 2.24) is 19.9 Å². The molecule has 2 aliphatic rings. The number of nitrogens with zero attached hydrogens (tertiary/aromatic N) is 4. The van der Waals surface area contributed by atoms with Crippen LogP contribution in [0.3, 0.4) is 0 Å². The van der Waals surface area contributed by atoms with Crippen molar-refractivity contribution < 1.29 is 26.7 Å². The van der Waals surface area contributed by atoms with Crippen molar-refractivity contribution in [1.29, 1.82) is 0 Å². The van der Waals surface area contributed by atoms with Gasteiger partial charge in [-0.2, -0.15) is 0 Å². The van der Waals surface area contributed by atoms with E-state index in [9.17, 15) is 26.7 Å². The standard InChI is InChI=1S/C18H20N2O3S.C18H18N2O3S/c2*1-11-8-14-5-6-16(12(2)21)20-18(14)15(11)9-13-4-7-17(19-10-13)24(3,22)23/h4-7,10,12,21H,8-9H2,1-3H3;4-7,10H,8-9H2,1-3H3. The van der Waals surface area contributed by atoms with Crippen molar-refractivity contribution in [3.05, 3.63) is 117 Å². The van der Waals surface area contributed by atoms with Crippen molar-refractivity contribution in [2.24, 2.45) is 0 Å². The Balaban J connectivity index is 0.000000188. The van der Waals surface area contributed by atoms with E-state index in [1.165, 1.54) is 30.2 Å². The molecule has 1 unspecified atom stereocenters. The SMILES string of the molecule is CC(=O)c1ccc2c(n1)C(Cc1ccc(S(C)(=O)=O)nc1)=C(C)C2.CC1=C(Cc2ccc(S(C)(=O)=O)nc2)c2nc(C(C)O)ccc2C1. The van der Waals surface area contributed by atoms with Gasteiger partial charge in [0.05, 0.1) is 23.2 Å². The number of hydrogen-bond donors (Lipinski definition) is 1. The lowest BCUT2D eigenvalue weighted by Gasteiger charge is -2.10. The molecule has 12 heteroatoms. The molecule has 250 valence electrons. The minimum absolute atomic E-state index is 0.0547. The first-order valence-corrected chi connectivity index (χ1v) is 19.2. The maximum atomic E-state index is 11.6. The Bertz CT molecular complexity index is 2190. The second-order valence-corrected chi connectivity index (χ2v) is 16.4. The predicted octanol–water partition coefficient (Wildman–Crippen LogP) is 5.16. The Morgan fingerprint density at radius 3 is 1.58 bits per heavy atom. The third-order valence-electron chi connectivity index (χ3n) is 8.40. The monoisotopic (exact) mass is 686 g/mol. The lowest BCUT2D eigenvalue weighted by molar-refractivity contribution is 0.101. The molecule has 0 amide bonds. The summed E-state index contributed by atoms with van der Waals surface area (Å²) in [7, 11) is -6.58. The number of aliphatic hydroxyl groups excluding tert-OH is 1. The zero-order valence-corrected chi connectivity index (χ0v) is 29.4. The summed E-state index contributed by atoms with van der Waals surface area (Å²) in [6.45, 7) is 7.35. The highest BCUT2D eigenvalue weighted by Crippen LogP contribution is 2.35. The van der Waals surface area contributed by atoms with Crippen LogP contribution in [0, 0.1) is 0 Å². The minimum Gasteiger partial charge on any atom is -0.387 e.